The van der Waals surface area contributed by atoms with Gasteiger partial charge in [0, 0.05) is 6.21 Å². The van der Waals surface area contributed by atoms with Crippen molar-refractivity contribution in [2.24, 2.45) is 5.16 Å². The van der Waals surface area contributed by atoms with Crippen LogP contribution >= 0.6 is 0 Å². The molecule has 0 aliphatic rings. The molecule has 0 rings (SSSR count). The van der Waals surface area contributed by atoms with E-state index in [-0.39, 0.29) is 0 Å². The van der Waals surface area contributed by atoms with Gasteiger partial charge in [0.2, 0.25) is 0 Å². The average molecular weight is 142 g/mol. The Hall–Kier alpha value is -0.530. The first-order valence-electron chi connectivity index (χ1n) is 3.84. The molecule has 0 unspecified atom stereocenters. The van der Waals surface area contributed by atoms with Gasteiger partial charge in [-0.2, -0.15) is 0 Å². The number of nitrogens with zero attached hydrogens (tertiary/aromatic N) is 1. The minimum absolute atomic E-state index is 0.728. The van der Waals surface area contributed by atoms with Crippen molar-refractivity contribution >= 4 is 6.21 Å². The second kappa shape index (κ2) is 8.47. The van der Waals surface area contributed by atoms with Crippen molar-refractivity contribution in [3.05, 3.63) is 6.92 Å². The lowest BCUT2D eigenvalue weighted by Crippen LogP contribution is -1.87. The predicted molar refractivity (Wildman–Crippen MR) is 43.9 cm³/mol. The largest absolute Gasteiger partial charge is 0.396 e. The van der Waals surface area contributed by atoms with Gasteiger partial charge in [0.1, 0.15) is 6.61 Å². The van der Waals surface area contributed by atoms with Crippen LogP contribution in [0.3, 0.4) is 0 Å². The molecule has 0 bridgehead atoms. The van der Waals surface area contributed by atoms with Crippen LogP contribution in [-0.2, 0) is 4.84 Å². The lowest BCUT2D eigenvalue weighted by Gasteiger charge is -1.96. The van der Waals surface area contributed by atoms with Crippen molar-refractivity contribution in [2.45, 2.75) is 32.6 Å². The third-order valence-electron chi connectivity index (χ3n) is 1.24. The molecule has 0 aromatic heterocycles. The molecule has 2 nitrogen and oxygen atoms in total. The summed E-state index contributed by atoms with van der Waals surface area (Å²) in [5.41, 5.74) is 0. The molecule has 0 atom stereocenters. The van der Waals surface area contributed by atoms with Crippen molar-refractivity contribution < 1.29 is 4.84 Å². The zero-order valence-corrected chi connectivity index (χ0v) is 6.68. The van der Waals surface area contributed by atoms with Gasteiger partial charge in [0.15, 0.2) is 0 Å². The fourth-order valence-corrected chi connectivity index (χ4v) is 0.699. The summed E-state index contributed by atoms with van der Waals surface area (Å²) in [7, 11) is 0. The van der Waals surface area contributed by atoms with Gasteiger partial charge in [-0.25, -0.2) is 0 Å². The summed E-state index contributed by atoms with van der Waals surface area (Å²) in [5.74, 6) is 0. The SMILES string of the molecule is [CH2]/C=N\OCCCCCC. The third-order valence-corrected chi connectivity index (χ3v) is 1.24. The first-order chi connectivity index (χ1) is 4.91. The summed E-state index contributed by atoms with van der Waals surface area (Å²) in [6, 6.07) is 0. The molecule has 0 saturated heterocycles. The molecule has 0 fully saturated rings. The summed E-state index contributed by atoms with van der Waals surface area (Å²) in [5, 5.41) is 3.53. The van der Waals surface area contributed by atoms with Gasteiger partial charge in [-0.1, -0.05) is 24.9 Å². The maximum Gasteiger partial charge on any atom is 0.117 e. The topological polar surface area (TPSA) is 21.6 Å². The van der Waals surface area contributed by atoms with Crippen molar-refractivity contribution in [3.8, 4) is 0 Å². The normalized spacial score (nSPS) is 10.6. The fraction of sp³-hybridized carbons (Fsp3) is 0.750. The fourth-order valence-electron chi connectivity index (χ4n) is 0.699. The molecular formula is C8H16NO. The monoisotopic (exact) mass is 142 g/mol. The Labute approximate surface area is 63.3 Å². The van der Waals surface area contributed by atoms with E-state index >= 15 is 0 Å². The highest BCUT2D eigenvalue weighted by Crippen LogP contribution is 1.98. The van der Waals surface area contributed by atoms with Gasteiger partial charge >= 0.3 is 0 Å². The minimum atomic E-state index is 0.728. The maximum absolute atomic E-state index is 4.84. The minimum Gasteiger partial charge on any atom is -0.396 e. The van der Waals surface area contributed by atoms with E-state index in [2.05, 4.69) is 19.0 Å². The van der Waals surface area contributed by atoms with Crippen LogP contribution in [0.25, 0.3) is 0 Å². The van der Waals surface area contributed by atoms with Gasteiger partial charge < -0.3 is 4.84 Å². The number of rotatable bonds is 6. The van der Waals surface area contributed by atoms with Crippen molar-refractivity contribution in [3.63, 3.8) is 0 Å². The molecule has 10 heavy (non-hydrogen) atoms. The van der Waals surface area contributed by atoms with Crippen LogP contribution in [0.4, 0.5) is 0 Å². The maximum atomic E-state index is 4.84. The molecular weight excluding hydrogens is 126 g/mol. The van der Waals surface area contributed by atoms with E-state index in [1.54, 1.807) is 0 Å². The van der Waals surface area contributed by atoms with E-state index in [0.717, 1.165) is 13.0 Å². The standard InChI is InChI=1S/C8H16NO/c1-3-5-6-7-8-10-9-4-2/h4H,2-3,5-8H2,1H3/b9-4-. The highest BCUT2D eigenvalue weighted by atomic mass is 16.6. The highest BCUT2D eigenvalue weighted by molar-refractivity contribution is 5.60. The van der Waals surface area contributed by atoms with E-state index in [9.17, 15) is 0 Å². The summed E-state index contributed by atoms with van der Waals surface area (Å²) in [6.07, 6.45) is 6.31. The molecule has 0 aromatic carbocycles. The van der Waals surface area contributed by atoms with Crippen LogP contribution in [0, 0.1) is 6.92 Å². The van der Waals surface area contributed by atoms with Crippen molar-refractivity contribution in [1.29, 1.82) is 0 Å². The summed E-state index contributed by atoms with van der Waals surface area (Å²) in [4.78, 5) is 4.84. The zero-order chi connectivity index (χ0) is 7.66. The summed E-state index contributed by atoms with van der Waals surface area (Å²) >= 11 is 0. The summed E-state index contributed by atoms with van der Waals surface area (Å²) < 4.78 is 0. The van der Waals surface area contributed by atoms with Crippen LogP contribution in [0.2, 0.25) is 0 Å². The van der Waals surface area contributed by atoms with E-state index in [1.807, 2.05) is 0 Å². The van der Waals surface area contributed by atoms with Gasteiger partial charge in [0.25, 0.3) is 0 Å². The molecule has 0 aliphatic heterocycles. The molecule has 0 aliphatic carbocycles. The Morgan fingerprint density at radius 3 is 2.80 bits per heavy atom. The van der Waals surface area contributed by atoms with Crippen LogP contribution in [0.5, 0.6) is 0 Å². The first-order valence-corrected chi connectivity index (χ1v) is 3.84. The van der Waals surface area contributed by atoms with E-state index < -0.39 is 0 Å². The Morgan fingerprint density at radius 1 is 1.40 bits per heavy atom. The molecule has 59 valence electrons. The van der Waals surface area contributed by atoms with Crippen molar-refractivity contribution in [1.82, 2.24) is 0 Å². The van der Waals surface area contributed by atoms with Crippen LogP contribution in [0.1, 0.15) is 32.6 Å². The number of hydrogen-bond acceptors (Lipinski definition) is 2. The molecule has 0 spiro atoms. The zero-order valence-electron chi connectivity index (χ0n) is 6.68. The van der Waals surface area contributed by atoms with E-state index in [4.69, 9.17) is 4.84 Å². The van der Waals surface area contributed by atoms with Crippen LogP contribution in [-0.4, -0.2) is 12.8 Å². The number of hydrogen-bond donors (Lipinski definition) is 0. The molecule has 2 heteroatoms. The highest BCUT2D eigenvalue weighted by Gasteiger charge is 1.85. The predicted octanol–water partition coefficient (Wildman–Crippen LogP) is 2.40. The molecule has 0 saturated carbocycles. The van der Waals surface area contributed by atoms with Crippen LogP contribution < -0.4 is 0 Å². The van der Waals surface area contributed by atoms with Gasteiger partial charge in [-0.05, 0) is 19.8 Å². The molecule has 0 aromatic rings. The molecule has 0 amide bonds. The second-order valence-electron chi connectivity index (χ2n) is 2.18. The number of oxime groups is 1. The molecule has 0 N–H and O–H groups in total. The molecule has 1 radical (unpaired) electrons. The Bertz CT molecular complexity index is 81.3. The number of unbranched alkanes of at least 4 members (excludes halogenated alkanes) is 3. The van der Waals surface area contributed by atoms with Gasteiger partial charge in [0.05, 0.1) is 0 Å². The van der Waals surface area contributed by atoms with E-state index in [0.29, 0.717) is 0 Å². The smallest absolute Gasteiger partial charge is 0.117 e. The van der Waals surface area contributed by atoms with Crippen LogP contribution in [0.15, 0.2) is 5.16 Å². The molecule has 0 heterocycles. The Kier molecular flexibility index (Phi) is 8.02. The van der Waals surface area contributed by atoms with E-state index in [1.165, 1.54) is 25.5 Å². The lowest BCUT2D eigenvalue weighted by molar-refractivity contribution is 0.141. The Balaban J connectivity index is 2.77. The van der Waals surface area contributed by atoms with Gasteiger partial charge in [-0.3, -0.25) is 0 Å². The first kappa shape index (κ1) is 9.47. The van der Waals surface area contributed by atoms with Crippen molar-refractivity contribution in [2.75, 3.05) is 6.61 Å². The Morgan fingerprint density at radius 2 is 2.20 bits per heavy atom. The third kappa shape index (κ3) is 7.47. The van der Waals surface area contributed by atoms with Gasteiger partial charge in [-0.15, -0.1) is 0 Å². The average Bonchev–Trinajstić information content (AvgIpc) is 1.97. The second-order valence-corrected chi connectivity index (χ2v) is 2.18. The summed E-state index contributed by atoms with van der Waals surface area (Å²) in [6.45, 7) is 6.32. The quantitative estimate of drug-likeness (QED) is 0.317. The lowest BCUT2D eigenvalue weighted by atomic mass is 10.2.